The predicted octanol–water partition coefficient (Wildman–Crippen LogP) is 4.48. The highest BCUT2D eigenvalue weighted by atomic mass is 35.5. The Kier molecular flexibility index (Phi) is 3.82. The van der Waals surface area contributed by atoms with Gasteiger partial charge in [0.15, 0.2) is 0 Å². The number of thioether (sulfide) groups is 1. The number of phenols is 1. The number of nitrogens with zero attached hydrogens (tertiary/aromatic N) is 1. The van der Waals surface area contributed by atoms with Gasteiger partial charge in [0, 0.05) is 16.7 Å². The Morgan fingerprint density at radius 2 is 1.94 bits per heavy atom. The van der Waals surface area contributed by atoms with Crippen molar-refractivity contribution in [3.05, 3.63) is 40.5 Å². The molecule has 2 rings (SSSR count). The SMILES string of the molecule is CSc1cnc(-c2ccc(Cl)c(O)c2)c(Cl)c1. The Hall–Kier alpha value is -0.900. The third kappa shape index (κ3) is 2.68. The molecule has 0 atom stereocenters. The molecule has 88 valence electrons. The van der Waals surface area contributed by atoms with Gasteiger partial charge in [-0.3, -0.25) is 4.98 Å². The first kappa shape index (κ1) is 12.6. The van der Waals surface area contributed by atoms with Crippen LogP contribution in [-0.2, 0) is 0 Å². The minimum absolute atomic E-state index is 0.0241. The number of phenolic OH excluding ortho intramolecular Hbond substituents is 1. The number of hydrogen-bond donors (Lipinski definition) is 1. The second kappa shape index (κ2) is 5.17. The number of halogens is 2. The first-order chi connectivity index (χ1) is 8.11. The van der Waals surface area contributed by atoms with Gasteiger partial charge in [0.25, 0.3) is 0 Å². The zero-order valence-corrected chi connectivity index (χ0v) is 11.3. The minimum atomic E-state index is 0.0241. The molecule has 1 aromatic carbocycles. The second-order valence-corrected chi connectivity index (χ2v) is 5.07. The van der Waals surface area contributed by atoms with Crippen molar-refractivity contribution >= 4 is 35.0 Å². The maximum absolute atomic E-state index is 9.55. The van der Waals surface area contributed by atoms with E-state index in [1.54, 1.807) is 36.2 Å². The van der Waals surface area contributed by atoms with Crippen molar-refractivity contribution < 1.29 is 5.11 Å². The molecule has 0 amide bonds. The Morgan fingerprint density at radius 3 is 2.53 bits per heavy atom. The Morgan fingerprint density at radius 1 is 1.18 bits per heavy atom. The van der Waals surface area contributed by atoms with Crippen LogP contribution in [-0.4, -0.2) is 16.3 Å². The van der Waals surface area contributed by atoms with Gasteiger partial charge >= 0.3 is 0 Å². The van der Waals surface area contributed by atoms with Crippen LogP contribution in [0.5, 0.6) is 5.75 Å². The molecule has 0 aliphatic carbocycles. The van der Waals surface area contributed by atoms with Gasteiger partial charge in [0.2, 0.25) is 0 Å². The van der Waals surface area contributed by atoms with Gasteiger partial charge in [-0.1, -0.05) is 29.3 Å². The maximum Gasteiger partial charge on any atom is 0.134 e. The van der Waals surface area contributed by atoms with Gasteiger partial charge in [-0.25, -0.2) is 0 Å². The van der Waals surface area contributed by atoms with Crippen LogP contribution in [0.15, 0.2) is 35.4 Å². The topological polar surface area (TPSA) is 33.1 Å². The molecule has 0 aliphatic rings. The van der Waals surface area contributed by atoms with E-state index in [4.69, 9.17) is 23.2 Å². The van der Waals surface area contributed by atoms with Gasteiger partial charge in [-0.05, 0) is 24.5 Å². The van der Waals surface area contributed by atoms with Crippen LogP contribution >= 0.6 is 35.0 Å². The third-order valence-corrected chi connectivity index (χ3v) is 3.57. The van der Waals surface area contributed by atoms with Crippen molar-refractivity contribution in [2.45, 2.75) is 4.90 Å². The molecule has 0 fully saturated rings. The summed E-state index contributed by atoms with van der Waals surface area (Å²) in [5.41, 5.74) is 1.38. The summed E-state index contributed by atoms with van der Waals surface area (Å²) in [6, 6.07) is 6.79. The van der Waals surface area contributed by atoms with E-state index in [0.29, 0.717) is 15.7 Å². The number of pyridine rings is 1. The lowest BCUT2D eigenvalue weighted by atomic mass is 10.1. The Bertz CT molecular complexity index is 560. The molecule has 17 heavy (non-hydrogen) atoms. The van der Waals surface area contributed by atoms with Crippen LogP contribution in [0.2, 0.25) is 10.0 Å². The van der Waals surface area contributed by atoms with Crippen molar-refractivity contribution in [2.24, 2.45) is 0 Å². The molecule has 0 saturated heterocycles. The molecule has 2 nitrogen and oxygen atoms in total. The van der Waals surface area contributed by atoms with Gasteiger partial charge < -0.3 is 5.11 Å². The summed E-state index contributed by atoms with van der Waals surface area (Å²) in [5, 5.41) is 10.4. The molecule has 0 saturated carbocycles. The molecule has 5 heteroatoms. The summed E-state index contributed by atoms with van der Waals surface area (Å²) >= 11 is 13.5. The summed E-state index contributed by atoms with van der Waals surface area (Å²) < 4.78 is 0. The molecule has 1 N–H and O–H groups in total. The van der Waals surface area contributed by atoms with Crippen LogP contribution < -0.4 is 0 Å². The number of benzene rings is 1. The van der Waals surface area contributed by atoms with Crippen LogP contribution in [0.1, 0.15) is 0 Å². The van der Waals surface area contributed by atoms with Crippen molar-refractivity contribution in [2.75, 3.05) is 6.26 Å². The molecular weight excluding hydrogens is 277 g/mol. The number of aromatic nitrogens is 1. The molecule has 2 aromatic rings. The summed E-state index contributed by atoms with van der Waals surface area (Å²) in [6.07, 6.45) is 3.71. The lowest BCUT2D eigenvalue weighted by Crippen LogP contribution is -1.86. The van der Waals surface area contributed by atoms with Gasteiger partial charge in [-0.2, -0.15) is 0 Å². The summed E-state index contributed by atoms with van der Waals surface area (Å²) in [4.78, 5) is 5.28. The number of rotatable bonds is 2. The second-order valence-electron chi connectivity index (χ2n) is 3.37. The highest BCUT2D eigenvalue weighted by molar-refractivity contribution is 7.98. The number of hydrogen-bond acceptors (Lipinski definition) is 3. The summed E-state index contributed by atoms with van der Waals surface area (Å²) in [5.74, 6) is 0.0241. The highest BCUT2D eigenvalue weighted by Gasteiger charge is 2.08. The van der Waals surface area contributed by atoms with Crippen LogP contribution in [0.4, 0.5) is 0 Å². The van der Waals surface area contributed by atoms with E-state index in [2.05, 4.69) is 4.98 Å². The number of aromatic hydroxyl groups is 1. The monoisotopic (exact) mass is 285 g/mol. The third-order valence-electron chi connectivity index (χ3n) is 2.27. The fraction of sp³-hybridized carbons (Fsp3) is 0.0833. The Balaban J connectivity index is 2.49. The average Bonchev–Trinajstić information content (AvgIpc) is 2.32. The molecule has 0 spiro atoms. The van der Waals surface area contributed by atoms with Crippen molar-refractivity contribution in [1.82, 2.24) is 4.98 Å². The molecule has 1 heterocycles. The highest BCUT2D eigenvalue weighted by Crippen LogP contribution is 2.33. The van der Waals surface area contributed by atoms with Crippen molar-refractivity contribution in [1.29, 1.82) is 0 Å². The predicted molar refractivity (Wildman–Crippen MR) is 73.1 cm³/mol. The molecular formula is C12H9Cl2NOS. The lowest BCUT2D eigenvalue weighted by Gasteiger charge is -2.06. The van der Waals surface area contributed by atoms with E-state index < -0.39 is 0 Å². The van der Waals surface area contributed by atoms with E-state index >= 15 is 0 Å². The van der Waals surface area contributed by atoms with E-state index in [0.717, 1.165) is 10.5 Å². The first-order valence-corrected chi connectivity index (χ1v) is 6.78. The summed E-state index contributed by atoms with van der Waals surface area (Å²) in [6.45, 7) is 0. The quantitative estimate of drug-likeness (QED) is 0.826. The zero-order valence-electron chi connectivity index (χ0n) is 8.95. The van der Waals surface area contributed by atoms with Gasteiger partial charge in [0.05, 0.1) is 15.7 Å². The molecule has 1 aromatic heterocycles. The fourth-order valence-corrected chi connectivity index (χ4v) is 2.26. The lowest BCUT2D eigenvalue weighted by molar-refractivity contribution is 0.476. The van der Waals surface area contributed by atoms with Gasteiger partial charge in [-0.15, -0.1) is 11.8 Å². The summed E-state index contributed by atoms with van der Waals surface area (Å²) in [7, 11) is 0. The first-order valence-electron chi connectivity index (χ1n) is 4.80. The molecule has 0 aliphatic heterocycles. The normalized spacial score (nSPS) is 10.5. The molecule has 0 unspecified atom stereocenters. The molecule has 0 bridgehead atoms. The smallest absolute Gasteiger partial charge is 0.134 e. The van der Waals surface area contributed by atoms with E-state index in [-0.39, 0.29) is 5.75 Å². The van der Waals surface area contributed by atoms with E-state index in [9.17, 15) is 5.11 Å². The van der Waals surface area contributed by atoms with Crippen LogP contribution in [0.25, 0.3) is 11.3 Å². The minimum Gasteiger partial charge on any atom is -0.506 e. The van der Waals surface area contributed by atoms with Crippen LogP contribution in [0, 0.1) is 0 Å². The zero-order chi connectivity index (χ0) is 12.4. The van der Waals surface area contributed by atoms with Crippen LogP contribution in [0.3, 0.4) is 0 Å². The fourth-order valence-electron chi connectivity index (χ4n) is 1.40. The average molecular weight is 286 g/mol. The largest absolute Gasteiger partial charge is 0.506 e. The van der Waals surface area contributed by atoms with Crippen molar-refractivity contribution in [3.63, 3.8) is 0 Å². The van der Waals surface area contributed by atoms with E-state index in [1.807, 2.05) is 12.3 Å². The molecule has 0 radical (unpaired) electrons. The van der Waals surface area contributed by atoms with E-state index in [1.165, 1.54) is 0 Å². The maximum atomic E-state index is 9.55. The standard InChI is InChI=1S/C12H9Cl2NOS/c1-17-8-5-10(14)12(15-6-8)7-2-3-9(13)11(16)4-7/h2-6,16H,1H3. The van der Waals surface area contributed by atoms with Gasteiger partial charge in [0.1, 0.15) is 5.75 Å². The van der Waals surface area contributed by atoms with Crippen molar-refractivity contribution in [3.8, 4) is 17.0 Å². The Labute approximate surface area is 114 Å².